The van der Waals surface area contributed by atoms with Crippen LogP contribution in [0.4, 0.5) is 10.1 Å². The number of aromatic nitrogens is 5. The number of aryl methyl sites for hydroxylation is 2. The maximum Gasteiger partial charge on any atom is 0.254 e. The summed E-state index contributed by atoms with van der Waals surface area (Å²) in [6, 6.07) is 20.1. The lowest BCUT2D eigenvalue weighted by Gasteiger charge is -2.29. The highest BCUT2D eigenvalue weighted by molar-refractivity contribution is 5.85. The number of hydrogen-bond donors (Lipinski definition) is 1. The molecule has 0 saturated carbocycles. The van der Waals surface area contributed by atoms with E-state index in [2.05, 4.69) is 43.6 Å². The number of para-hydroxylation sites is 1. The predicted molar refractivity (Wildman–Crippen MR) is 137 cm³/mol. The van der Waals surface area contributed by atoms with E-state index in [0.717, 1.165) is 46.2 Å². The van der Waals surface area contributed by atoms with E-state index < -0.39 is 6.04 Å². The summed E-state index contributed by atoms with van der Waals surface area (Å²) in [5, 5.41) is 13.7. The van der Waals surface area contributed by atoms with Gasteiger partial charge in [0.25, 0.3) is 5.56 Å². The van der Waals surface area contributed by atoms with Gasteiger partial charge in [-0.25, -0.2) is 9.07 Å². The Balaban J connectivity index is 1.54. The number of nitrogens with one attached hydrogen (secondary N) is 1. The number of pyridine rings is 1. The molecule has 36 heavy (non-hydrogen) atoms. The van der Waals surface area contributed by atoms with Gasteiger partial charge in [0.15, 0.2) is 5.82 Å². The third-order valence-electron chi connectivity index (χ3n) is 7.05. The summed E-state index contributed by atoms with van der Waals surface area (Å²) in [6.45, 7) is 5.13. The summed E-state index contributed by atoms with van der Waals surface area (Å²) in [5.41, 5.74) is 6.52. The fraction of sp³-hybridized carbons (Fsp3) is 0.214. The van der Waals surface area contributed by atoms with Crippen molar-refractivity contribution < 1.29 is 4.39 Å². The molecule has 0 unspecified atom stereocenters. The lowest BCUT2D eigenvalue weighted by Crippen LogP contribution is -2.34. The molecule has 6 rings (SSSR count). The van der Waals surface area contributed by atoms with Crippen molar-refractivity contribution >= 4 is 16.6 Å². The summed E-state index contributed by atoms with van der Waals surface area (Å²) < 4.78 is 15.2. The van der Waals surface area contributed by atoms with E-state index in [1.165, 1.54) is 17.7 Å². The highest BCUT2D eigenvalue weighted by Gasteiger charge is 2.34. The Morgan fingerprint density at radius 1 is 1.03 bits per heavy atom. The molecule has 5 aromatic rings. The number of rotatable bonds is 5. The van der Waals surface area contributed by atoms with Crippen LogP contribution in [-0.4, -0.2) is 31.7 Å². The van der Waals surface area contributed by atoms with Crippen molar-refractivity contribution in [3.8, 4) is 0 Å². The zero-order valence-corrected chi connectivity index (χ0v) is 20.1. The van der Waals surface area contributed by atoms with E-state index in [4.69, 9.17) is 0 Å². The van der Waals surface area contributed by atoms with Gasteiger partial charge in [-0.3, -0.25) is 4.79 Å². The Morgan fingerprint density at radius 2 is 1.81 bits per heavy atom. The number of nitrogens with zero attached hydrogens (tertiary/aromatic N) is 5. The van der Waals surface area contributed by atoms with Crippen molar-refractivity contribution in [1.82, 2.24) is 25.2 Å². The fourth-order valence-electron chi connectivity index (χ4n) is 5.16. The second kappa shape index (κ2) is 8.71. The molecule has 1 N–H and O–H groups in total. The topological polar surface area (TPSA) is 79.7 Å². The van der Waals surface area contributed by atoms with Gasteiger partial charge in [-0.05, 0) is 77.2 Å². The molecule has 0 amide bonds. The van der Waals surface area contributed by atoms with E-state index in [-0.39, 0.29) is 11.4 Å². The first-order valence-electron chi connectivity index (χ1n) is 12.0. The highest BCUT2D eigenvalue weighted by atomic mass is 19.1. The van der Waals surface area contributed by atoms with Crippen molar-refractivity contribution in [2.45, 2.75) is 32.9 Å². The molecule has 0 aliphatic carbocycles. The van der Waals surface area contributed by atoms with Crippen molar-refractivity contribution in [1.29, 1.82) is 0 Å². The molecule has 7 nitrogen and oxygen atoms in total. The third kappa shape index (κ3) is 3.75. The van der Waals surface area contributed by atoms with Crippen LogP contribution in [-0.2, 0) is 13.0 Å². The van der Waals surface area contributed by atoms with Gasteiger partial charge in [0.2, 0.25) is 0 Å². The number of hydrogen-bond acceptors (Lipinski definition) is 5. The SMILES string of the molecule is Cc1ccc(C)c2[nH]c(=O)c([C@H](c3nnnn3Cc3ccc(F)cc3)N3CCc4ccccc43)cc12. The molecule has 0 saturated heterocycles. The van der Waals surface area contributed by atoms with E-state index in [0.29, 0.717) is 17.9 Å². The molecule has 0 radical (unpaired) electrons. The lowest BCUT2D eigenvalue weighted by atomic mass is 9.99. The zero-order chi connectivity index (χ0) is 24.8. The largest absolute Gasteiger partial charge is 0.357 e. The monoisotopic (exact) mass is 480 g/mol. The van der Waals surface area contributed by atoms with Crippen LogP contribution >= 0.6 is 0 Å². The van der Waals surface area contributed by atoms with Gasteiger partial charge >= 0.3 is 0 Å². The van der Waals surface area contributed by atoms with Gasteiger partial charge in [-0.15, -0.1) is 5.10 Å². The first kappa shape index (κ1) is 22.2. The van der Waals surface area contributed by atoms with Crippen LogP contribution in [0.15, 0.2) is 71.5 Å². The number of halogens is 1. The molecule has 0 spiro atoms. The lowest BCUT2D eigenvalue weighted by molar-refractivity contribution is 0.576. The highest BCUT2D eigenvalue weighted by Crippen LogP contribution is 2.37. The molecular weight excluding hydrogens is 455 g/mol. The average Bonchev–Trinajstić information content (AvgIpc) is 3.52. The van der Waals surface area contributed by atoms with E-state index in [1.807, 2.05) is 38.1 Å². The van der Waals surface area contributed by atoms with Crippen LogP contribution in [0.5, 0.6) is 0 Å². The number of H-pyrrole nitrogens is 1. The molecule has 1 aliphatic heterocycles. The van der Waals surface area contributed by atoms with Crippen LogP contribution in [0.2, 0.25) is 0 Å². The second-order valence-electron chi connectivity index (χ2n) is 9.34. The Hall–Kier alpha value is -4.33. The standard InChI is InChI=1S/C28H25FN6O/c1-17-7-8-18(2)25-22(17)15-23(28(36)30-25)26(34-14-13-20-5-3-4-6-24(20)34)27-31-32-33-35(27)16-19-9-11-21(29)12-10-19/h3-12,15,26H,13-14,16H2,1-2H3,(H,30,36)/t26-/m1/s1. The Morgan fingerprint density at radius 3 is 2.64 bits per heavy atom. The minimum atomic E-state index is -0.503. The zero-order valence-electron chi connectivity index (χ0n) is 20.1. The molecule has 0 bridgehead atoms. The molecule has 1 atom stereocenters. The molecule has 3 heterocycles. The van der Waals surface area contributed by atoms with Gasteiger partial charge < -0.3 is 9.88 Å². The molecule has 0 fully saturated rings. The van der Waals surface area contributed by atoms with Gasteiger partial charge in [0, 0.05) is 23.2 Å². The summed E-state index contributed by atoms with van der Waals surface area (Å²) in [4.78, 5) is 19.0. The minimum absolute atomic E-state index is 0.165. The molecule has 2 aromatic heterocycles. The third-order valence-corrected chi connectivity index (χ3v) is 7.05. The van der Waals surface area contributed by atoms with Crippen LogP contribution in [0, 0.1) is 19.7 Å². The number of tetrazole rings is 1. The summed E-state index contributed by atoms with van der Waals surface area (Å²) >= 11 is 0. The Kier molecular flexibility index (Phi) is 5.36. The van der Waals surface area contributed by atoms with Gasteiger partial charge in [0.05, 0.1) is 12.1 Å². The summed E-state index contributed by atoms with van der Waals surface area (Å²) in [5.74, 6) is 0.266. The average molecular weight is 481 g/mol. The van der Waals surface area contributed by atoms with Gasteiger partial charge in [0.1, 0.15) is 11.9 Å². The molecule has 8 heteroatoms. The van der Waals surface area contributed by atoms with E-state index in [9.17, 15) is 9.18 Å². The molecule has 180 valence electrons. The van der Waals surface area contributed by atoms with Crippen molar-refractivity contribution in [3.63, 3.8) is 0 Å². The fourth-order valence-corrected chi connectivity index (χ4v) is 5.16. The van der Waals surface area contributed by atoms with Gasteiger partial charge in [-0.2, -0.15) is 0 Å². The molecule has 1 aliphatic rings. The molecule has 3 aromatic carbocycles. The smallest absolute Gasteiger partial charge is 0.254 e. The normalized spacial score (nSPS) is 13.8. The van der Waals surface area contributed by atoms with E-state index in [1.54, 1.807) is 16.8 Å². The number of anilines is 1. The Bertz CT molecular complexity index is 1640. The minimum Gasteiger partial charge on any atom is -0.357 e. The maximum absolute atomic E-state index is 13.6. The van der Waals surface area contributed by atoms with Crippen LogP contribution < -0.4 is 10.5 Å². The number of fused-ring (bicyclic) bond motifs is 2. The summed E-state index contributed by atoms with van der Waals surface area (Å²) in [6.07, 6.45) is 0.871. The predicted octanol–water partition coefficient (Wildman–Crippen LogP) is 4.47. The maximum atomic E-state index is 13.6. The summed E-state index contributed by atoms with van der Waals surface area (Å²) in [7, 11) is 0. The van der Waals surface area contributed by atoms with Crippen molar-refractivity contribution in [2.75, 3.05) is 11.4 Å². The first-order valence-corrected chi connectivity index (χ1v) is 12.0. The van der Waals surface area contributed by atoms with Crippen LogP contribution in [0.25, 0.3) is 10.9 Å². The number of benzene rings is 3. The van der Waals surface area contributed by atoms with Crippen molar-refractivity contribution in [2.24, 2.45) is 0 Å². The first-order chi connectivity index (χ1) is 17.5. The van der Waals surface area contributed by atoms with Gasteiger partial charge in [-0.1, -0.05) is 42.5 Å². The van der Waals surface area contributed by atoms with Crippen molar-refractivity contribution in [3.05, 3.63) is 117 Å². The van der Waals surface area contributed by atoms with Crippen LogP contribution in [0.1, 0.15) is 39.7 Å². The Labute approximate surface area is 207 Å². The quantitative estimate of drug-likeness (QED) is 0.402. The van der Waals surface area contributed by atoms with E-state index >= 15 is 0 Å². The van der Waals surface area contributed by atoms with Crippen LogP contribution in [0.3, 0.4) is 0 Å². The molecular formula is C28H25FN6O. The number of aromatic amines is 1. The second-order valence-corrected chi connectivity index (χ2v) is 9.34.